The highest BCUT2D eigenvalue weighted by atomic mass is 15.3. The van der Waals surface area contributed by atoms with Gasteiger partial charge in [0.1, 0.15) is 5.82 Å². The molecule has 112 valence electrons. The predicted molar refractivity (Wildman–Crippen MR) is 86.7 cm³/mol. The molecule has 0 spiro atoms. The molecule has 0 unspecified atom stereocenters. The van der Waals surface area contributed by atoms with Crippen molar-refractivity contribution in [3.8, 4) is 11.3 Å². The zero-order valence-electron chi connectivity index (χ0n) is 12.4. The SMILES string of the molecule is c1cncc(-c2cc(NC3CCCCC3)n3nccc3n2)c1. The zero-order valence-corrected chi connectivity index (χ0v) is 12.4. The molecule has 0 aliphatic heterocycles. The summed E-state index contributed by atoms with van der Waals surface area (Å²) in [6, 6.07) is 8.51. The lowest BCUT2D eigenvalue weighted by atomic mass is 9.95. The van der Waals surface area contributed by atoms with E-state index in [1.165, 1.54) is 32.1 Å². The van der Waals surface area contributed by atoms with Crippen molar-refractivity contribution in [1.82, 2.24) is 19.6 Å². The van der Waals surface area contributed by atoms with Crippen LogP contribution in [0.25, 0.3) is 16.9 Å². The number of hydrogen-bond acceptors (Lipinski definition) is 4. The molecule has 0 saturated heterocycles. The number of fused-ring (bicyclic) bond motifs is 1. The van der Waals surface area contributed by atoms with Gasteiger partial charge in [0.05, 0.1) is 11.9 Å². The first kappa shape index (κ1) is 13.2. The van der Waals surface area contributed by atoms with Crippen molar-refractivity contribution in [1.29, 1.82) is 0 Å². The van der Waals surface area contributed by atoms with E-state index in [0.29, 0.717) is 6.04 Å². The molecule has 1 saturated carbocycles. The van der Waals surface area contributed by atoms with Crippen molar-refractivity contribution in [2.75, 3.05) is 5.32 Å². The van der Waals surface area contributed by atoms with Crippen LogP contribution in [0, 0.1) is 0 Å². The van der Waals surface area contributed by atoms with Gasteiger partial charge in [-0.3, -0.25) is 4.98 Å². The molecule has 3 aromatic heterocycles. The molecule has 3 aromatic rings. The van der Waals surface area contributed by atoms with Gasteiger partial charge in [-0.05, 0) is 25.0 Å². The fourth-order valence-corrected chi connectivity index (χ4v) is 3.13. The molecule has 1 aliphatic rings. The summed E-state index contributed by atoms with van der Waals surface area (Å²) < 4.78 is 1.88. The Morgan fingerprint density at radius 2 is 2.00 bits per heavy atom. The van der Waals surface area contributed by atoms with E-state index in [2.05, 4.69) is 26.4 Å². The largest absolute Gasteiger partial charge is 0.367 e. The summed E-state index contributed by atoms with van der Waals surface area (Å²) in [5.41, 5.74) is 2.82. The summed E-state index contributed by atoms with van der Waals surface area (Å²) in [6.45, 7) is 0. The Balaban J connectivity index is 1.74. The third kappa shape index (κ3) is 2.54. The Morgan fingerprint density at radius 1 is 1.09 bits per heavy atom. The minimum atomic E-state index is 0.533. The van der Waals surface area contributed by atoms with Crippen LogP contribution in [0.1, 0.15) is 32.1 Å². The molecule has 5 nitrogen and oxygen atoms in total. The van der Waals surface area contributed by atoms with Crippen LogP contribution in [0.3, 0.4) is 0 Å². The molecule has 1 fully saturated rings. The number of nitrogens with zero attached hydrogens (tertiary/aromatic N) is 4. The summed E-state index contributed by atoms with van der Waals surface area (Å²) in [6.07, 6.45) is 11.8. The van der Waals surface area contributed by atoms with E-state index in [0.717, 1.165) is 22.7 Å². The molecule has 1 N–H and O–H groups in total. The van der Waals surface area contributed by atoms with Crippen LogP contribution in [-0.4, -0.2) is 25.6 Å². The number of hydrogen-bond donors (Lipinski definition) is 1. The van der Waals surface area contributed by atoms with Gasteiger partial charge in [-0.2, -0.15) is 9.61 Å². The van der Waals surface area contributed by atoms with Crippen molar-refractivity contribution < 1.29 is 0 Å². The maximum atomic E-state index is 4.68. The minimum absolute atomic E-state index is 0.533. The lowest BCUT2D eigenvalue weighted by Gasteiger charge is -2.24. The highest BCUT2D eigenvalue weighted by Gasteiger charge is 2.16. The normalized spacial score (nSPS) is 16.0. The van der Waals surface area contributed by atoms with Crippen molar-refractivity contribution >= 4 is 11.5 Å². The first-order chi connectivity index (χ1) is 10.9. The average Bonchev–Trinajstić information content (AvgIpc) is 3.05. The first-order valence-electron chi connectivity index (χ1n) is 7.92. The maximum absolute atomic E-state index is 4.68. The number of anilines is 1. The fraction of sp³-hybridized carbons (Fsp3) is 0.353. The Kier molecular flexibility index (Phi) is 3.46. The van der Waals surface area contributed by atoms with E-state index in [-0.39, 0.29) is 0 Å². The Labute approximate surface area is 129 Å². The summed E-state index contributed by atoms with van der Waals surface area (Å²) in [4.78, 5) is 8.87. The van der Waals surface area contributed by atoms with Crippen LogP contribution >= 0.6 is 0 Å². The van der Waals surface area contributed by atoms with Crippen LogP contribution in [-0.2, 0) is 0 Å². The van der Waals surface area contributed by atoms with Crippen LogP contribution < -0.4 is 5.32 Å². The highest BCUT2D eigenvalue weighted by molar-refractivity contribution is 5.65. The Hall–Kier alpha value is -2.43. The van der Waals surface area contributed by atoms with Gasteiger partial charge in [0.15, 0.2) is 5.65 Å². The van der Waals surface area contributed by atoms with Crippen molar-refractivity contribution in [3.63, 3.8) is 0 Å². The second-order valence-electron chi connectivity index (χ2n) is 5.85. The van der Waals surface area contributed by atoms with Gasteiger partial charge < -0.3 is 5.32 Å². The monoisotopic (exact) mass is 293 g/mol. The standard InChI is InChI=1S/C17H19N5/c1-2-6-14(7-3-1)20-17-11-15(13-5-4-9-18-12-13)21-16-8-10-19-22(16)17/h4-5,8-12,14,20H,1-3,6-7H2. The molecule has 3 heterocycles. The number of rotatable bonds is 3. The quantitative estimate of drug-likeness (QED) is 0.802. The Bertz CT molecular complexity index is 759. The van der Waals surface area contributed by atoms with Crippen molar-refractivity contribution in [2.24, 2.45) is 0 Å². The van der Waals surface area contributed by atoms with Gasteiger partial charge in [-0.1, -0.05) is 19.3 Å². The number of nitrogens with one attached hydrogen (secondary N) is 1. The van der Waals surface area contributed by atoms with Gasteiger partial charge in [0.25, 0.3) is 0 Å². The van der Waals surface area contributed by atoms with Crippen LogP contribution in [0.2, 0.25) is 0 Å². The summed E-state index contributed by atoms with van der Waals surface area (Å²) in [5, 5.41) is 8.06. The van der Waals surface area contributed by atoms with Crippen LogP contribution in [0.15, 0.2) is 42.9 Å². The van der Waals surface area contributed by atoms with Crippen molar-refractivity contribution in [3.05, 3.63) is 42.9 Å². The van der Waals surface area contributed by atoms with E-state index < -0.39 is 0 Å². The minimum Gasteiger partial charge on any atom is -0.367 e. The van der Waals surface area contributed by atoms with Crippen LogP contribution in [0.5, 0.6) is 0 Å². The van der Waals surface area contributed by atoms with Gasteiger partial charge in [0.2, 0.25) is 0 Å². The Morgan fingerprint density at radius 3 is 2.82 bits per heavy atom. The molecule has 4 rings (SSSR count). The number of aromatic nitrogens is 4. The van der Waals surface area contributed by atoms with Gasteiger partial charge in [-0.15, -0.1) is 0 Å². The summed E-state index contributed by atoms with van der Waals surface area (Å²) in [5.74, 6) is 1.01. The second kappa shape index (κ2) is 5.75. The first-order valence-corrected chi connectivity index (χ1v) is 7.92. The molecule has 0 atom stereocenters. The smallest absolute Gasteiger partial charge is 0.157 e. The molecule has 0 bridgehead atoms. The summed E-state index contributed by atoms with van der Waals surface area (Å²) >= 11 is 0. The van der Waals surface area contributed by atoms with Gasteiger partial charge in [0, 0.05) is 36.1 Å². The summed E-state index contributed by atoms with van der Waals surface area (Å²) in [7, 11) is 0. The third-order valence-corrected chi connectivity index (χ3v) is 4.27. The second-order valence-corrected chi connectivity index (χ2v) is 5.85. The topological polar surface area (TPSA) is 55.1 Å². The average molecular weight is 293 g/mol. The molecular weight excluding hydrogens is 274 g/mol. The predicted octanol–water partition coefficient (Wildman–Crippen LogP) is 3.54. The van der Waals surface area contributed by atoms with Gasteiger partial charge >= 0.3 is 0 Å². The van der Waals surface area contributed by atoms with Crippen LogP contribution in [0.4, 0.5) is 5.82 Å². The van der Waals surface area contributed by atoms with E-state index >= 15 is 0 Å². The van der Waals surface area contributed by atoms with Gasteiger partial charge in [-0.25, -0.2) is 4.98 Å². The molecule has 22 heavy (non-hydrogen) atoms. The molecule has 0 radical (unpaired) electrons. The molecule has 1 aliphatic carbocycles. The third-order valence-electron chi connectivity index (χ3n) is 4.27. The fourth-order valence-electron chi connectivity index (χ4n) is 3.13. The molecule has 0 amide bonds. The highest BCUT2D eigenvalue weighted by Crippen LogP contribution is 2.25. The molecular formula is C17H19N5. The lowest BCUT2D eigenvalue weighted by molar-refractivity contribution is 0.461. The van der Waals surface area contributed by atoms with E-state index in [9.17, 15) is 0 Å². The lowest BCUT2D eigenvalue weighted by Crippen LogP contribution is -2.23. The maximum Gasteiger partial charge on any atom is 0.157 e. The molecule has 5 heteroatoms. The number of pyridine rings is 1. The van der Waals surface area contributed by atoms with Crippen molar-refractivity contribution in [2.45, 2.75) is 38.1 Å². The molecule has 0 aromatic carbocycles. The zero-order chi connectivity index (χ0) is 14.8. The van der Waals surface area contributed by atoms with E-state index in [1.54, 1.807) is 12.4 Å². The van der Waals surface area contributed by atoms with E-state index in [1.807, 2.05) is 28.9 Å². The van der Waals surface area contributed by atoms with E-state index in [4.69, 9.17) is 0 Å².